The first-order valence-corrected chi connectivity index (χ1v) is 20.1. The van der Waals surface area contributed by atoms with Crippen LogP contribution in [0, 0.1) is 0 Å². The van der Waals surface area contributed by atoms with E-state index >= 15 is 0 Å². The molecular weight excluding hydrogens is 866 g/mol. The molecule has 30 nitrogen and oxygen atoms in total. The number of guanidine groups is 2. The highest BCUT2D eigenvalue weighted by atomic mass is 16.4. The number of carboxylic acids is 2. The summed E-state index contributed by atoms with van der Waals surface area (Å²) in [5.41, 5.74) is 37.3. The van der Waals surface area contributed by atoms with Crippen LogP contribution in [0.2, 0.25) is 0 Å². The van der Waals surface area contributed by atoms with Gasteiger partial charge in [-0.05, 0) is 57.9 Å². The van der Waals surface area contributed by atoms with Crippen molar-refractivity contribution in [2.75, 3.05) is 45.8 Å². The minimum absolute atomic E-state index is 0.0235. The average molecular weight is 930 g/mol. The van der Waals surface area contributed by atoms with Crippen molar-refractivity contribution < 1.29 is 63.0 Å². The van der Waals surface area contributed by atoms with Crippen LogP contribution in [-0.2, 0) is 52.7 Å². The maximum atomic E-state index is 13.6. The predicted molar refractivity (Wildman–Crippen MR) is 229 cm³/mol. The monoisotopic (exact) mass is 929 g/mol. The van der Waals surface area contributed by atoms with E-state index in [0.717, 1.165) is 0 Å². The van der Waals surface area contributed by atoms with Crippen LogP contribution in [0.3, 0.4) is 0 Å². The molecule has 0 fully saturated rings. The molecule has 0 aliphatic carbocycles. The molecule has 0 bridgehead atoms. The van der Waals surface area contributed by atoms with Crippen molar-refractivity contribution in [3.63, 3.8) is 0 Å². The van der Waals surface area contributed by atoms with Gasteiger partial charge in [-0.1, -0.05) is 0 Å². The number of amides is 9. The van der Waals surface area contributed by atoms with Gasteiger partial charge in [-0.25, -0.2) is 4.79 Å². The van der Waals surface area contributed by atoms with E-state index < -0.39 is 128 Å². The van der Waals surface area contributed by atoms with E-state index in [0.29, 0.717) is 19.4 Å². The Morgan fingerprint density at radius 2 is 0.892 bits per heavy atom. The van der Waals surface area contributed by atoms with Gasteiger partial charge in [0, 0.05) is 19.5 Å². The minimum Gasteiger partial charge on any atom is -0.481 e. The maximum absolute atomic E-state index is 13.6. The van der Waals surface area contributed by atoms with Gasteiger partial charge in [-0.3, -0.25) is 57.9 Å². The van der Waals surface area contributed by atoms with Crippen molar-refractivity contribution in [1.82, 2.24) is 42.5 Å². The van der Waals surface area contributed by atoms with Gasteiger partial charge in [0.15, 0.2) is 11.9 Å². The first-order valence-electron chi connectivity index (χ1n) is 20.1. The summed E-state index contributed by atoms with van der Waals surface area (Å²) in [5.74, 6) is -11.6. The van der Waals surface area contributed by atoms with E-state index in [-0.39, 0.29) is 70.0 Å². The fourth-order valence-corrected chi connectivity index (χ4v) is 5.35. The van der Waals surface area contributed by atoms with Crippen LogP contribution in [0.15, 0.2) is 9.98 Å². The molecule has 9 amide bonds. The Morgan fingerprint density at radius 1 is 0.462 bits per heavy atom. The van der Waals surface area contributed by atoms with Gasteiger partial charge in [0.1, 0.15) is 30.2 Å². The number of unbranched alkanes of at least 4 members (excludes halogenated alkanes) is 1. The highest BCUT2D eigenvalue weighted by Gasteiger charge is 2.30. The molecular formula is C35H63N17O13. The Bertz CT molecular complexity index is 1720. The number of nitrogens with zero attached hydrogens (tertiary/aromatic N) is 2. The molecule has 366 valence electrons. The SMILES string of the molecule is NCCCC[C@H](NC(=O)[C@H](CCCN=C(N)N)NC(=O)[C@H](CCCN=C(N)N)NC(=O)CNC(=O)CNC(=O)[C@H](CC(=O)O)NC(=O)CNC(=O)[C@H](CCC(N)=O)NC(=O)CN)C(=O)O. The minimum atomic E-state index is -1.77. The molecule has 0 radical (unpaired) electrons. The number of rotatable bonds is 34. The smallest absolute Gasteiger partial charge is 0.326 e. The summed E-state index contributed by atoms with van der Waals surface area (Å²) < 4.78 is 0. The van der Waals surface area contributed by atoms with Gasteiger partial charge in [0.05, 0.1) is 32.6 Å². The lowest BCUT2D eigenvalue weighted by Crippen LogP contribution is -2.56. The Balaban J connectivity index is 5.72. The zero-order valence-electron chi connectivity index (χ0n) is 35.7. The van der Waals surface area contributed by atoms with Gasteiger partial charge < -0.3 is 92.9 Å². The predicted octanol–water partition coefficient (Wildman–Crippen LogP) is -9.22. The van der Waals surface area contributed by atoms with E-state index in [9.17, 15) is 63.0 Å². The second-order valence-corrected chi connectivity index (χ2v) is 14.0. The molecule has 0 saturated carbocycles. The number of hydrogen-bond acceptors (Lipinski definition) is 15. The zero-order chi connectivity index (χ0) is 49.5. The fourth-order valence-electron chi connectivity index (χ4n) is 5.35. The number of carbonyl (C=O) groups excluding carboxylic acids is 9. The first-order chi connectivity index (χ1) is 30.6. The van der Waals surface area contributed by atoms with Crippen LogP contribution < -0.4 is 82.7 Å². The number of primary amides is 1. The van der Waals surface area contributed by atoms with Gasteiger partial charge in [-0.2, -0.15) is 0 Å². The van der Waals surface area contributed by atoms with Gasteiger partial charge in [0.2, 0.25) is 53.2 Å². The van der Waals surface area contributed by atoms with Crippen molar-refractivity contribution in [2.45, 2.75) is 94.4 Å². The molecule has 0 rings (SSSR count). The van der Waals surface area contributed by atoms with Crippen LogP contribution in [0.4, 0.5) is 0 Å². The number of nitrogens with one attached hydrogen (secondary N) is 8. The lowest BCUT2D eigenvalue weighted by Gasteiger charge is -2.24. The summed E-state index contributed by atoms with van der Waals surface area (Å²) in [6, 6.07) is -7.08. The lowest BCUT2D eigenvalue weighted by molar-refractivity contribution is -0.142. The molecule has 0 saturated heterocycles. The molecule has 24 N–H and O–H groups in total. The third kappa shape index (κ3) is 28.0. The van der Waals surface area contributed by atoms with Crippen molar-refractivity contribution in [2.24, 2.45) is 50.1 Å². The van der Waals surface area contributed by atoms with Gasteiger partial charge in [0.25, 0.3) is 0 Å². The van der Waals surface area contributed by atoms with Crippen molar-refractivity contribution >= 4 is 77.0 Å². The van der Waals surface area contributed by atoms with Gasteiger partial charge in [-0.15, -0.1) is 0 Å². The first kappa shape index (κ1) is 57.6. The topological polar surface area (TPSA) is 531 Å². The van der Waals surface area contributed by atoms with Crippen molar-refractivity contribution in [3.05, 3.63) is 0 Å². The summed E-state index contributed by atoms with van der Waals surface area (Å²) in [6.45, 7) is -2.53. The molecule has 30 heteroatoms. The van der Waals surface area contributed by atoms with E-state index in [1.165, 1.54) is 0 Å². The number of carbonyl (C=O) groups is 11. The van der Waals surface area contributed by atoms with Crippen LogP contribution in [-0.4, -0.2) is 163 Å². The Labute approximate surface area is 372 Å². The Kier molecular flexibility index (Phi) is 28.7. The van der Waals surface area contributed by atoms with Crippen molar-refractivity contribution in [3.8, 4) is 0 Å². The molecule has 0 aliphatic rings. The molecule has 0 spiro atoms. The number of hydrogen-bond donors (Lipinski definition) is 17. The third-order valence-corrected chi connectivity index (χ3v) is 8.58. The Morgan fingerprint density at radius 3 is 1.37 bits per heavy atom. The normalized spacial score (nSPS) is 12.8. The standard InChI is InChI=1S/C35H63N17O13/c36-10-2-1-5-21(33(64)65)52-32(63)19(7-4-12-44-35(41)42)51-31(62)18(6-3-11-43-34(39)40)49-26(56)16-45-25(55)15-46-30(61)22(13-28(58)59)50-27(57)17-47-29(60)20(8-9-23(38)53)48-24(54)14-37/h18-22H,1-17,36-37H2,(H2,38,53)(H,45,55)(H,46,61)(H,47,60)(H,48,54)(H,49,56)(H,50,57)(H,51,62)(H,52,63)(H,58,59)(H,64,65)(H4,39,40,43)(H4,41,42,44)/t18-,19-,20-,21-,22-/m0/s1. The summed E-state index contributed by atoms with van der Waals surface area (Å²) in [7, 11) is 0. The number of aliphatic imine (C=N–C) groups is 2. The molecule has 0 aliphatic heterocycles. The van der Waals surface area contributed by atoms with Gasteiger partial charge >= 0.3 is 11.9 Å². The number of carboxylic acid groups (broad SMARTS) is 2. The molecule has 0 aromatic rings. The molecule has 5 atom stereocenters. The molecule has 0 unspecified atom stereocenters. The largest absolute Gasteiger partial charge is 0.481 e. The van der Waals surface area contributed by atoms with E-state index in [1.807, 2.05) is 0 Å². The number of nitrogens with two attached hydrogens (primary N) is 7. The van der Waals surface area contributed by atoms with Crippen LogP contribution >= 0.6 is 0 Å². The van der Waals surface area contributed by atoms with Crippen LogP contribution in [0.25, 0.3) is 0 Å². The third-order valence-electron chi connectivity index (χ3n) is 8.58. The highest BCUT2D eigenvalue weighted by Crippen LogP contribution is 2.07. The molecule has 0 aromatic carbocycles. The highest BCUT2D eigenvalue weighted by molar-refractivity contribution is 5.97. The second-order valence-electron chi connectivity index (χ2n) is 14.0. The quantitative estimate of drug-likeness (QED) is 0.0162. The number of aliphatic carboxylic acids is 2. The fraction of sp³-hybridized carbons (Fsp3) is 0.629. The summed E-state index contributed by atoms with van der Waals surface area (Å²) in [5, 5.41) is 37.1. The van der Waals surface area contributed by atoms with Crippen LogP contribution in [0.5, 0.6) is 0 Å². The second kappa shape index (κ2) is 32.3. The summed E-state index contributed by atoms with van der Waals surface area (Å²) >= 11 is 0. The Hall–Kier alpha value is -7.37. The molecule has 0 aromatic heterocycles. The van der Waals surface area contributed by atoms with E-state index in [1.54, 1.807) is 0 Å². The zero-order valence-corrected chi connectivity index (χ0v) is 35.7. The van der Waals surface area contributed by atoms with Crippen molar-refractivity contribution in [1.29, 1.82) is 0 Å². The average Bonchev–Trinajstić information content (AvgIpc) is 3.23. The van der Waals surface area contributed by atoms with E-state index in [4.69, 9.17) is 40.1 Å². The maximum Gasteiger partial charge on any atom is 0.326 e. The van der Waals surface area contributed by atoms with E-state index in [2.05, 4.69) is 52.5 Å². The lowest BCUT2D eigenvalue weighted by atomic mass is 10.1. The summed E-state index contributed by atoms with van der Waals surface area (Å²) in [6.07, 6.45) is -0.458. The molecule has 65 heavy (non-hydrogen) atoms. The molecule has 0 heterocycles. The van der Waals surface area contributed by atoms with Crippen LogP contribution in [0.1, 0.15) is 64.2 Å². The summed E-state index contributed by atoms with van der Waals surface area (Å²) in [4.78, 5) is 144.